The van der Waals surface area contributed by atoms with Gasteiger partial charge in [0.1, 0.15) is 11.2 Å². The predicted octanol–water partition coefficient (Wildman–Crippen LogP) is 3.29. The molecule has 0 atom stereocenters. The van der Waals surface area contributed by atoms with E-state index in [4.69, 9.17) is 4.42 Å². The number of rotatable bonds is 0. The van der Waals surface area contributed by atoms with E-state index in [0.717, 1.165) is 21.9 Å². The largest absolute Gasteiger partial charge is 0.456 e. The van der Waals surface area contributed by atoms with Crippen LogP contribution in [0.5, 0.6) is 0 Å². The van der Waals surface area contributed by atoms with Gasteiger partial charge < -0.3 is 4.42 Å². The first-order valence-corrected chi connectivity index (χ1v) is 4.58. The van der Waals surface area contributed by atoms with Gasteiger partial charge in [-0.05, 0) is 18.6 Å². The summed E-state index contributed by atoms with van der Waals surface area (Å²) in [6.07, 6.45) is 3.60. The van der Waals surface area contributed by atoms with Gasteiger partial charge in [-0.2, -0.15) is 0 Å². The first kappa shape index (κ1) is 7.56. The van der Waals surface area contributed by atoms with Crippen molar-refractivity contribution in [2.24, 2.45) is 0 Å². The smallest absolute Gasteiger partial charge is 0.138 e. The molecule has 0 radical (unpaired) electrons. The van der Waals surface area contributed by atoms with E-state index in [2.05, 4.69) is 24.0 Å². The third kappa shape index (κ3) is 0.880. The number of aryl methyl sites for hydroxylation is 1. The van der Waals surface area contributed by atoms with Gasteiger partial charge in [0.05, 0.1) is 0 Å². The molecular weight excluding hydrogens is 174 g/mol. The zero-order chi connectivity index (χ0) is 9.54. The maximum absolute atomic E-state index is 5.74. The van der Waals surface area contributed by atoms with E-state index in [0.29, 0.717) is 0 Å². The van der Waals surface area contributed by atoms with Gasteiger partial charge in [-0.3, -0.25) is 4.98 Å². The molecule has 0 bridgehead atoms. The molecule has 0 aliphatic rings. The minimum absolute atomic E-state index is 0.907. The van der Waals surface area contributed by atoms with Crippen LogP contribution in [0.4, 0.5) is 0 Å². The van der Waals surface area contributed by atoms with Crippen molar-refractivity contribution >= 4 is 21.9 Å². The molecule has 2 heteroatoms. The van der Waals surface area contributed by atoms with Gasteiger partial charge in [0.2, 0.25) is 0 Å². The summed E-state index contributed by atoms with van der Waals surface area (Å²) in [5.74, 6) is 0. The van der Waals surface area contributed by atoms with E-state index in [1.54, 1.807) is 6.20 Å². The minimum Gasteiger partial charge on any atom is -0.456 e. The molecule has 2 nitrogen and oxygen atoms in total. The second kappa shape index (κ2) is 2.58. The Hall–Kier alpha value is -1.83. The van der Waals surface area contributed by atoms with Crippen LogP contribution < -0.4 is 0 Å². The van der Waals surface area contributed by atoms with Crippen LogP contribution in [0.2, 0.25) is 0 Å². The van der Waals surface area contributed by atoms with Gasteiger partial charge >= 0.3 is 0 Å². The molecule has 2 aromatic heterocycles. The lowest BCUT2D eigenvalue weighted by molar-refractivity contribution is 0.665. The van der Waals surface area contributed by atoms with Crippen LogP contribution in [0.15, 0.2) is 41.1 Å². The summed E-state index contributed by atoms with van der Waals surface area (Å²) in [6, 6.07) is 8.06. The molecule has 0 aliphatic carbocycles. The maximum Gasteiger partial charge on any atom is 0.138 e. The average Bonchev–Trinajstić information content (AvgIpc) is 2.59. The van der Waals surface area contributed by atoms with Gasteiger partial charge in [-0.1, -0.05) is 18.2 Å². The van der Waals surface area contributed by atoms with Crippen molar-refractivity contribution in [1.29, 1.82) is 0 Å². The molecule has 0 fully saturated rings. The van der Waals surface area contributed by atoms with Crippen LogP contribution in [-0.2, 0) is 0 Å². The van der Waals surface area contributed by atoms with Crippen molar-refractivity contribution in [1.82, 2.24) is 4.98 Å². The fourth-order valence-corrected chi connectivity index (χ4v) is 1.78. The van der Waals surface area contributed by atoms with Crippen LogP contribution in [0.25, 0.3) is 21.9 Å². The Morgan fingerprint density at radius 1 is 1.14 bits per heavy atom. The second-order valence-electron chi connectivity index (χ2n) is 3.43. The lowest BCUT2D eigenvalue weighted by Gasteiger charge is -1.91. The topological polar surface area (TPSA) is 26.0 Å². The molecule has 3 rings (SSSR count). The zero-order valence-corrected chi connectivity index (χ0v) is 7.82. The Morgan fingerprint density at radius 2 is 2.07 bits per heavy atom. The Morgan fingerprint density at radius 3 is 3.00 bits per heavy atom. The highest BCUT2D eigenvalue weighted by Crippen LogP contribution is 2.29. The molecule has 0 aliphatic heterocycles. The maximum atomic E-state index is 5.74. The Labute approximate surface area is 81.2 Å². The minimum atomic E-state index is 0.907. The normalized spacial score (nSPS) is 11.2. The highest BCUT2D eigenvalue weighted by atomic mass is 16.3. The number of aromatic nitrogens is 1. The summed E-state index contributed by atoms with van der Waals surface area (Å²) in [7, 11) is 0. The van der Waals surface area contributed by atoms with Crippen molar-refractivity contribution in [3.8, 4) is 0 Å². The SMILES string of the molecule is Cc1cccc2c1oc1ccncc12. The molecule has 0 saturated heterocycles. The summed E-state index contributed by atoms with van der Waals surface area (Å²) in [4.78, 5) is 4.10. The van der Waals surface area contributed by atoms with Crippen molar-refractivity contribution in [3.63, 3.8) is 0 Å². The van der Waals surface area contributed by atoms with E-state index < -0.39 is 0 Å². The van der Waals surface area contributed by atoms with Gasteiger partial charge in [0.15, 0.2) is 0 Å². The summed E-state index contributed by atoms with van der Waals surface area (Å²) < 4.78 is 5.74. The van der Waals surface area contributed by atoms with Crippen molar-refractivity contribution in [3.05, 3.63) is 42.2 Å². The van der Waals surface area contributed by atoms with E-state index >= 15 is 0 Å². The number of para-hydroxylation sites is 1. The molecule has 3 aromatic rings. The van der Waals surface area contributed by atoms with E-state index in [9.17, 15) is 0 Å². The fraction of sp³-hybridized carbons (Fsp3) is 0.0833. The van der Waals surface area contributed by atoms with Gasteiger partial charge in [-0.25, -0.2) is 0 Å². The van der Waals surface area contributed by atoms with Gasteiger partial charge in [-0.15, -0.1) is 0 Å². The quantitative estimate of drug-likeness (QED) is 0.534. The number of pyridine rings is 1. The lowest BCUT2D eigenvalue weighted by atomic mass is 10.1. The Kier molecular flexibility index (Phi) is 1.39. The van der Waals surface area contributed by atoms with Crippen LogP contribution in [0.1, 0.15) is 5.56 Å². The highest BCUT2D eigenvalue weighted by Gasteiger charge is 2.06. The molecule has 0 amide bonds. The zero-order valence-electron chi connectivity index (χ0n) is 7.82. The molecule has 68 valence electrons. The van der Waals surface area contributed by atoms with Gasteiger partial charge in [0.25, 0.3) is 0 Å². The van der Waals surface area contributed by atoms with Gasteiger partial charge in [0, 0.05) is 23.2 Å². The lowest BCUT2D eigenvalue weighted by Crippen LogP contribution is -1.71. The summed E-state index contributed by atoms with van der Waals surface area (Å²) in [5.41, 5.74) is 3.04. The van der Waals surface area contributed by atoms with Crippen LogP contribution >= 0.6 is 0 Å². The standard InChI is InChI=1S/C12H9NO/c1-8-3-2-4-9-10-7-13-6-5-11(10)14-12(8)9/h2-7H,1H3. The van der Waals surface area contributed by atoms with Crippen molar-refractivity contribution in [2.75, 3.05) is 0 Å². The summed E-state index contributed by atoms with van der Waals surface area (Å²) in [6.45, 7) is 2.05. The number of hydrogen-bond acceptors (Lipinski definition) is 2. The molecule has 14 heavy (non-hydrogen) atoms. The predicted molar refractivity (Wildman–Crippen MR) is 56.3 cm³/mol. The first-order chi connectivity index (χ1) is 6.86. The Balaban J connectivity index is 2.63. The van der Waals surface area contributed by atoms with Crippen molar-refractivity contribution < 1.29 is 4.42 Å². The molecular formula is C12H9NO. The third-order valence-corrected chi connectivity index (χ3v) is 2.50. The van der Waals surface area contributed by atoms with E-state index in [1.165, 1.54) is 5.56 Å². The number of hydrogen-bond donors (Lipinski definition) is 0. The second-order valence-corrected chi connectivity index (χ2v) is 3.43. The number of furan rings is 1. The van der Waals surface area contributed by atoms with E-state index in [-0.39, 0.29) is 0 Å². The highest BCUT2D eigenvalue weighted by molar-refractivity contribution is 6.05. The summed E-state index contributed by atoms with van der Waals surface area (Å²) in [5, 5.41) is 2.24. The van der Waals surface area contributed by atoms with E-state index in [1.807, 2.05) is 18.3 Å². The van der Waals surface area contributed by atoms with Crippen LogP contribution in [-0.4, -0.2) is 4.98 Å². The molecule has 0 saturated carbocycles. The molecule has 1 aromatic carbocycles. The fourth-order valence-electron chi connectivity index (χ4n) is 1.78. The Bertz CT molecular complexity index is 610. The van der Waals surface area contributed by atoms with Crippen LogP contribution in [0, 0.1) is 6.92 Å². The monoisotopic (exact) mass is 183 g/mol. The average molecular weight is 183 g/mol. The molecule has 2 heterocycles. The third-order valence-electron chi connectivity index (χ3n) is 2.50. The number of benzene rings is 1. The molecule has 0 N–H and O–H groups in total. The molecule has 0 unspecified atom stereocenters. The van der Waals surface area contributed by atoms with Crippen LogP contribution in [0.3, 0.4) is 0 Å². The first-order valence-electron chi connectivity index (χ1n) is 4.58. The number of nitrogens with zero attached hydrogens (tertiary/aromatic N) is 1. The summed E-state index contributed by atoms with van der Waals surface area (Å²) >= 11 is 0. The van der Waals surface area contributed by atoms with Crippen molar-refractivity contribution in [2.45, 2.75) is 6.92 Å². The number of fused-ring (bicyclic) bond motifs is 3. The molecule has 0 spiro atoms.